The summed E-state index contributed by atoms with van der Waals surface area (Å²) in [7, 11) is 0. The molecule has 1 spiro atoms. The molecular formula is C32H40ClN7O2. The minimum atomic E-state index is -0.430. The van der Waals surface area contributed by atoms with Gasteiger partial charge in [0.1, 0.15) is 6.04 Å². The van der Waals surface area contributed by atoms with E-state index in [1.165, 1.54) is 0 Å². The number of H-pyrrole nitrogens is 1. The minimum Gasteiger partial charge on any atom is -0.352 e. The first kappa shape index (κ1) is 28.8. The molecule has 2 heterocycles. The first-order valence-electron chi connectivity index (χ1n) is 15.1. The van der Waals surface area contributed by atoms with Crippen LogP contribution in [0, 0.1) is 17.3 Å². The van der Waals surface area contributed by atoms with E-state index in [1.807, 2.05) is 48.5 Å². The molecule has 2 aromatic carbocycles. The van der Waals surface area contributed by atoms with Gasteiger partial charge in [-0.05, 0) is 91.2 Å². The second kappa shape index (κ2) is 11.4. The van der Waals surface area contributed by atoms with Gasteiger partial charge in [-0.25, -0.2) is 0 Å². The molecule has 3 aromatic rings. The van der Waals surface area contributed by atoms with Gasteiger partial charge in [0.15, 0.2) is 5.82 Å². The predicted molar refractivity (Wildman–Crippen MR) is 160 cm³/mol. The molecule has 10 heteroatoms. The predicted octanol–water partition coefficient (Wildman–Crippen LogP) is 5.38. The lowest BCUT2D eigenvalue weighted by molar-refractivity contribution is -0.138. The fourth-order valence-electron chi connectivity index (χ4n) is 6.97. The fourth-order valence-corrected chi connectivity index (χ4v) is 7.16. The van der Waals surface area contributed by atoms with Gasteiger partial charge in [0.05, 0.1) is 11.7 Å². The average Bonchev–Trinajstić information content (AvgIpc) is 3.60. The van der Waals surface area contributed by atoms with Crippen molar-refractivity contribution in [2.24, 2.45) is 17.3 Å². The second-order valence-electron chi connectivity index (χ2n) is 13.3. The number of amides is 2. The van der Waals surface area contributed by atoms with Gasteiger partial charge in [-0.1, -0.05) is 61.9 Å². The quantitative estimate of drug-likeness (QED) is 0.325. The summed E-state index contributed by atoms with van der Waals surface area (Å²) in [6.07, 6.45) is 6.67. The molecule has 222 valence electrons. The van der Waals surface area contributed by atoms with Crippen molar-refractivity contribution in [1.82, 2.24) is 36.2 Å². The van der Waals surface area contributed by atoms with Gasteiger partial charge in [-0.15, -0.1) is 10.2 Å². The van der Waals surface area contributed by atoms with Crippen LogP contribution >= 0.6 is 11.6 Å². The Morgan fingerprint density at radius 1 is 1.12 bits per heavy atom. The Kier molecular flexibility index (Phi) is 7.83. The number of aromatic amines is 1. The number of rotatable bonds is 8. The third-order valence-corrected chi connectivity index (χ3v) is 9.70. The Balaban J connectivity index is 1.26. The van der Waals surface area contributed by atoms with Crippen LogP contribution in [0.15, 0.2) is 48.5 Å². The Hall–Kier alpha value is -3.30. The van der Waals surface area contributed by atoms with E-state index < -0.39 is 11.7 Å². The monoisotopic (exact) mass is 589 g/mol. The van der Waals surface area contributed by atoms with Crippen molar-refractivity contribution in [3.05, 3.63) is 76.1 Å². The highest BCUT2D eigenvalue weighted by Crippen LogP contribution is 2.54. The van der Waals surface area contributed by atoms with Gasteiger partial charge < -0.3 is 10.2 Å². The zero-order valence-corrected chi connectivity index (χ0v) is 25.3. The van der Waals surface area contributed by atoms with Gasteiger partial charge >= 0.3 is 0 Å². The number of carbonyl (C=O) groups is 2. The van der Waals surface area contributed by atoms with Gasteiger partial charge in [0.2, 0.25) is 5.91 Å². The van der Waals surface area contributed by atoms with Gasteiger partial charge in [-0.3, -0.25) is 14.9 Å². The maximum Gasteiger partial charge on any atom is 0.251 e. The molecule has 3 aliphatic rings. The standard InChI is InChI=1S/C32H40ClN7O2/c1-31(2,3)24-13-16-32(17-14-24)35-27(23-5-4-6-25(33)19-23)30(42)40(32)28(20-7-8-20)21-9-11-22(12-10-21)29(41)34-18-15-26-36-38-39-37-26/h4-6,9-12,19-20,24,27-28,35H,7-8,13-18H2,1-3H3,(H,34,41)(H,36,37,38,39). The number of hydrogen-bond acceptors (Lipinski definition) is 6. The summed E-state index contributed by atoms with van der Waals surface area (Å²) in [6, 6.07) is 15.0. The number of halogens is 1. The smallest absolute Gasteiger partial charge is 0.251 e. The zero-order chi connectivity index (χ0) is 29.5. The van der Waals surface area contributed by atoms with E-state index in [9.17, 15) is 9.59 Å². The second-order valence-corrected chi connectivity index (χ2v) is 13.7. The summed E-state index contributed by atoms with van der Waals surface area (Å²) in [4.78, 5) is 29.5. The first-order valence-corrected chi connectivity index (χ1v) is 15.5. The number of carbonyl (C=O) groups excluding carboxylic acids is 2. The third kappa shape index (κ3) is 5.81. The molecule has 1 aliphatic heterocycles. The highest BCUT2D eigenvalue weighted by Gasteiger charge is 2.57. The molecule has 3 fully saturated rings. The van der Waals surface area contributed by atoms with Crippen LogP contribution in [-0.2, 0) is 11.2 Å². The Bertz CT molecular complexity index is 1410. The topological polar surface area (TPSA) is 116 Å². The molecule has 2 amide bonds. The van der Waals surface area contributed by atoms with E-state index in [4.69, 9.17) is 11.6 Å². The fraction of sp³-hybridized carbons (Fsp3) is 0.531. The number of benzene rings is 2. The van der Waals surface area contributed by atoms with Crippen molar-refractivity contribution in [2.45, 2.75) is 83.5 Å². The molecular weight excluding hydrogens is 550 g/mol. The summed E-state index contributed by atoms with van der Waals surface area (Å²) >= 11 is 6.38. The molecule has 2 saturated carbocycles. The van der Waals surface area contributed by atoms with Crippen LogP contribution in [0.1, 0.15) is 98.7 Å². The van der Waals surface area contributed by atoms with Crippen molar-refractivity contribution in [3.8, 4) is 0 Å². The maximum absolute atomic E-state index is 14.4. The molecule has 9 nitrogen and oxygen atoms in total. The molecule has 6 rings (SSSR count). The lowest BCUT2D eigenvalue weighted by Crippen LogP contribution is -2.56. The maximum atomic E-state index is 14.4. The number of hydrogen-bond donors (Lipinski definition) is 3. The van der Waals surface area contributed by atoms with E-state index in [-0.39, 0.29) is 23.3 Å². The van der Waals surface area contributed by atoms with Crippen LogP contribution in [-0.4, -0.2) is 49.5 Å². The van der Waals surface area contributed by atoms with Gasteiger partial charge in [0, 0.05) is 23.6 Å². The lowest BCUT2D eigenvalue weighted by Gasteiger charge is -2.49. The Labute approximate surface area is 252 Å². The average molecular weight is 590 g/mol. The molecule has 0 bridgehead atoms. The van der Waals surface area contributed by atoms with E-state index in [1.54, 1.807) is 0 Å². The number of nitrogens with zero attached hydrogens (tertiary/aromatic N) is 4. The summed E-state index contributed by atoms with van der Waals surface area (Å²) < 4.78 is 0. The van der Waals surface area contributed by atoms with Crippen molar-refractivity contribution in [3.63, 3.8) is 0 Å². The van der Waals surface area contributed by atoms with Crippen molar-refractivity contribution in [1.29, 1.82) is 0 Å². The van der Waals surface area contributed by atoms with E-state index in [2.05, 4.69) is 56.9 Å². The molecule has 3 N–H and O–H groups in total. The molecule has 1 saturated heterocycles. The molecule has 1 aromatic heterocycles. The Morgan fingerprint density at radius 2 is 1.86 bits per heavy atom. The highest BCUT2D eigenvalue weighted by molar-refractivity contribution is 6.30. The van der Waals surface area contributed by atoms with E-state index >= 15 is 0 Å². The van der Waals surface area contributed by atoms with Crippen LogP contribution in [0.4, 0.5) is 0 Å². The van der Waals surface area contributed by atoms with Crippen molar-refractivity contribution in [2.75, 3.05) is 6.54 Å². The van der Waals surface area contributed by atoms with Gasteiger partial charge in [0.25, 0.3) is 5.91 Å². The van der Waals surface area contributed by atoms with Gasteiger partial charge in [-0.2, -0.15) is 5.21 Å². The summed E-state index contributed by atoms with van der Waals surface area (Å²) in [6.45, 7) is 7.39. The summed E-state index contributed by atoms with van der Waals surface area (Å²) in [5.41, 5.74) is 2.41. The molecule has 0 radical (unpaired) electrons. The summed E-state index contributed by atoms with van der Waals surface area (Å²) in [5.74, 6) is 1.55. The van der Waals surface area contributed by atoms with E-state index in [0.717, 1.165) is 49.7 Å². The highest BCUT2D eigenvalue weighted by atomic mass is 35.5. The first-order chi connectivity index (χ1) is 20.1. The SMILES string of the molecule is CC(C)(C)C1CCC2(CC1)NC(c1cccc(Cl)c1)C(=O)N2C(c1ccc(C(=O)NCCc2nn[nH]n2)cc1)C1CC1. The number of aromatic nitrogens is 4. The Morgan fingerprint density at radius 3 is 2.48 bits per heavy atom. The largest absolute Gasteiger partial charge is 0.352 e. The van der Waals surface area contributed by atoms with Crippen LogP contribution in [0.5, 0.6) is 0 Å². The lowest BCUT2D eigenvalue weighted by atomic mass is 9.69. The summed E-state index contributed by atoms with van der Waals surface area (Å²) in [5, 5.41) is 21.2. The number of tetrazole rings is 1. The molecule has 2 atom stereocenters. The van der Waals surface area contributed by atoms with Crippen LogP contribution in [0.2, 0.25) is 5.02 Å². The number of nitrogens with one attached hydrogen (secondary N) is 3. The normalized spacial score (nSPS) is 25.1. The molecule has 2 unspecified atom stereocenters. The van der Waals surface area contributed by atoms with Crippen LogP contribution in [0.3, 0.4) is 0 Å². The minimum absolute atomic E-state index is 0.0456. The third-order valence-electron chi connectivity index (χ3n) is 9.46. The molecule has 2 aliphatic carbocycles. The van der Waals surface area contributed by atoms with Crippen LogP contribution in [0.25, 0.3) is 0 Å². The molecule has 42 heavy (non-hydrogen) atoms. The van der Waals surface area contributed by atoms with E-state index in [0.29, 0.717) is 41.2 Å². The van der Waals surface area contributed by atoms with Crippen molar-refractivity contribution < 1.29 is 9.59 Å². The zero-order valence-electron chi connectivity index (χ0n) is 24.6. The van der Waals surface area contributed by atoms with Crippen molar-refractivity contribution >= 4 is 23.4 Å². The van der Waals surface area contributed by atoms with Crippen LogP contribution < -0.4 is 10.6 Å².